The Kier molecular flexibility index (Phi) is 4.86. The third-order valence-corrected chi connectivity index (χ3v) is 4.93. The Hall–Kier alpha value is -3.16. The zero-order valence-corrected chi connectivity index (χ0v) is 15.1. The van der Waals surface area contributed by atoms with Gasteiger partial charge in [-0.2, -0.15) is 10.1 Å². The fraction of sp³-hybridized carbons (Fsp3) is 0.368. The number of urea groups is 1. The van der Waals surface area contributed by atoms with Crippen LogP contribution >= 0.6 is 0 Å². The maximum absolute atomic E-state index is 12.6. The Balaban J connectivity index is 1.33. The summed E-state index contributed by atoms with van der Waals surface area (Å²) in [6.07, 6.45) is 3.61. The third kappa shape index (κ3) is 3.84. The Morgan fingerprint density at radius 2 is 2.04 bits per heavy atom. The van der Waals surface area contributed by atoms with E-state index in [4.69, 9.17) is 4.52 Å². The molecule has 8 heteroatoms. The first-order chi connectivity index (χ1) is 13.2. The molecule has 140 valence electrons. The number of nitrogens with one attached hydrogen (secondary N) is 2. The summed E-state index contributed by atoms with van der Waals surface area (Å²) in [5.74, 6) is 1.35. The van der Waals surface area contributed by atoms with E-state index in [9.17, 15) is 4.79 Å². The number of amides is 2. The lowest BCUT2D eigenvalue weighted by molar-refractivity contribution is 0.175. The summed E-state index contributed by atoms with van der Waals surface area (Å²) < 4.78 is 5.33. The molecule has 1 unspecified atom stereocenters. The maximum Gasteiger partial charge on any atom is 0.318 e. The molecule has 1 aromatic carbocycles. The summed E-state index contributed by atoms with van der Waals surface area (Å²) in [4.78, 5) is 18.8. The second-order valence-corrected chi connectivity index (χ2v) is 6.77. The van der Waals surface area contributed by atoms with E-state index < -0.39 is 0 Å². The van der Waals surface area contributed by atoms with Crippen molar-refractivity contribution in [2.45, 2.75) is 31.7 Å². The van der Waals surface area contributed by atoms with Crippen LogP contribution in [-0.2, 0) is 0 Å². The van der Waals surface area contributed by atoms with E-state index in [0.29, 0.717) is 30.7 Å². The molecule has 0 aliphatic carbocycles. The lowest BCUT2D eigenvalue weighted by atomic mass is 9.94. The van der Waals surface area contributed by atoms with Crippen molar-refractivity contribution in [3.63, 3.8) is 0 Å². The van der Waals surface area contributed by atoms with Crippen LogP contribution in [0.4, 0.5) is 4.79 Å². The molecular weight excluding hydrogens is 344 g/mol. The third-order valence-electron chi connectivity index (χ3n) is 4.93. The van der Waals surface area contributed by atoms with Crippen LogP contribution in [0.2, 0.25) is 0 Å². The molecule has 8 nitrogen and oxygen atoms in total. The minimum atomic E-state index is -0.354. The number of carbonyl (C=O) groups excluding carboxylic acids is 1. The van der Waals surface area contributed by atoms with Crippen molar-refractivity contribution in [1.29, 1.82) is 0 Å². The molecule has 2 aromatic heterocycles. The van der Waals surface area contributed by atoms with Crippen molar-refractivity contribution in [2.75, 3.05) is 13.1 Å². The zero-order valence-electron chi connectivity index (χ0n) is 15.1. The number of hydrogen-bond donors (Lipinski definition) is 2. The maximum atomic E-state index is 12.6. The van der Waals surface area contributed by atoms with E-state index in [2.05, 4.69) is 25.7 Å². The van der Waals surface area contributed by atoms with Gasteiger partial charge in [0.15, 0.2) is 0 Å². The van der Waals surface area contributed by atoms with Crippen molar-refractivity contribution in [1.82, 2.24) is 30.6 Å². The molecule has 2 N–H and O–H groups in total. The van der Waals surface area contributed by atoms with Gasteiger partial charge >= 0.3 is 6.03 Å². The largest absolute Gasteiger partial charge is 0.337 e. The number of hydrogen-bond acceptors (Lipinski definition) is 5. The highest BCUT2D eigenvalue weighted by atomic mass is 16.5. The standard InChI is InChI=1S/C19H22N6O2/c1-13(18-22-17(24-27-18)15-5-3-2-4-6-15)21-19(26)25-11-8-14(9-12-25)16-7-10-20-23-16/h2-7,10,13-14H,8-9,11-12H2,1H3,(H,20,23)(H,21,26). The van der Waals surface area contributed by atoms with Crippen LogP contribution in [0.3, 0.4) is 0 Å². The van der Waals surface area contributed by atoms with E-state index in [1.54, 1.807) is 6.20 Å². The Morgan fingerprint density at radius 1 is 1.26 bits per heavy atom. The molecule has 2 amide bonds. The fourth-order valence-corrected chi connectivity index (χ4v) is 3.34. The first kappa shape index (κ1) is 17.3. The minimum Gasteiger partial charge on any atom is -0.337 e. The van der Waals surface area contributed by atoms with Crippen molar-refractivity contribution >= 4 is 6.03 Å². The molecule has 3 heterocycles. The second-order valence-electron chi connectivity index (χ2n) is 6.77. The van der Waals surface area contributed by atoms with E-state index in [0.717, 1.165) is 24.1 Å². The fourth-order valence-electron chi connectivity index (χ4n) is 3.34. The molecule has 0 saturated carbocycles. The van der Waals surface area contributed by atoms with E-state index >= 15 is 0 Å². The summed E-state index contributed by atoms with van der Waals surface area (Å²) in [7, 11) is 0. The van der Waals surface area contributed by atoms with Gasteiger partial charge in [0.05, 0.1) is 0 Å². The highest BCUT2D eigenvalue weighted by Crippen LogP contribution is 2.26. The molecule has 0 radical (unpaired) electrons. The Labute approximate surface area is 157 Å². The minimum absolute atomic E-state index is 0.106. The van der Waals surface area contributed by atoms with Gasteiger partial charge in [-0.1, -0.05) is 35.5 Å². The van der Waals surface area contributed by atoms with Crippen molar-refractivity contribution in [3.05, 3.63) is 54.2 Å². The lowest BCUT2D eigenvalue weighted by Gasteiger charge is -2.32. The van der Waals surface area contributed by atoms with E-state index in [-0.39, 0.29) is 12.1 Å². The molecule has 27 heavy (non-hydrogen) atoms. The number of likely N-dealkylation sites (tertiary alicyclic amines) is 1. The highest BCUT2D eigenvalue weighted by molar-refractivity contribution is 5.74. The SMILES string of the molecule is CC(NC(=O)N1CCC(c2ccn[nH]2)CC1)c1nc(-c2ccccc2)no1. The van der Waals surface area contributed by atoms with Crippen LogP contribution in [0, 0.1) is 0 Å². The topological polar surface area (TPSA) is 99.9 Å². The van der Waals surface area contributed by atoms with Crippen LogP contribution in [0.5, 0.6) is 0 Å². The first-order valence-electron chi connectivity index (χ1n) is 9.14. The number of piperidine rings is 1. The average Bonchev–Trinajstić information content (AvgIpc) is 3.41. The Morgan fingerprint density at radius 3 is 2.74 bits per heavy atom. The van der Waals surface area contributed by atoms with Crippen molar-refractivity contribution < 1.29 is 9.32 Å². The number of aromatic amines is 1. The molecule has 1 saturated heterocycles. The van der Waals surface area contributed by atoms with Gasteiger partial charge in [0, 0.05) is 36.5 Å². The number of benzene rings is 1. The highest BCUT2D eigenvalue weighted by Gasteiger charge is 2.26. The van der Waals surface area contributed by atoms with Gasteiger partial charge in [0.2, 0.25) is 11.7 Å². The number of rotatable bonds is 4. The number of nitrogens with zero attached hydrogens (tertiary/aromatic N) is 4. The summed E-state index contributed by atoms with van der Waals surface area (Å²) >= 11 is 0. The molecule has 3 aromatic rings. The first-order valence-corrected chi connectivity index (χ1v) is 9.14. The van der Waals surface area contributed by atoms with Gasteiger partial charge in [0.1, 0.15) is 6.04 Å². The predicted molar refractivity (Wildman–Crippen MR) is 98.8 cm³/mol. The monoisotopic (exact) mass is 366 g/mol. The summed E-state index contributed by atoms with van der Waals surface area (Å²) in [6.45, 7) is 3.26. The smallest absolute Gasteiger partial charge is 0.318 e. The number of aromatic nitrogens is 4. The van der Waals surface area contributed by atoms with Crippen LogP contribution in [-0.4, -0.2) is 44.4 Å². The Bertz CT molecular complexity index is 869. The van der Waals surface area contributed by atoms with Gasteiger partial charge in [0.25, 0.3) is 0 Å². The molecule has 1 aliphatic heterocycles. The van der Waals surface area contributed by atoms with E-state index in [1.165, 1.54) is 0 Å². The van der Waals surface area contributed by atoms with Crippen molar-refractivity contribution in [2.24, 2.45) is 0 Å². The zero-order chi connectivity index (χ0) is 18.6. The quantitative estimate of drug-likeness (QED) is 0.739. The van der Waals surface area contributed by atoms with Crippen LogP contribution < -0.4 is 5.32 Å². The van der Waals surface area contributed by atoms with Gasteiger partial charge in [-0.05, 0) is 25.8 Å². The van der Waals surface area contributed by atoms with Gasteiger partial charge in [-0.3, -0.25) is 5.10 Å². The van der Waals surface area contributed by atoms with Crippen LogP contribution in [0.25, 0.3) is 11.4 Å². The number of H-pyrrole nitrogens is 1. The average molecular weight is 366 g/mol. The van der Waals surface area contributed by atoms with Crippen LogP contribution in [0.15, 0.2) is 47.1 Å². The number of carbonyl (C=O) groups is 1. The molecule has 0 bridgehead atoms. The van der Waals surface area contributed by atoms with Crippen molar-refractivity contribution in [3.8, 4) is 11.4 Å². The molecule has 4 rings (SSSR count). The second kappa shape index (κ2) is 7.61. The van der Waals surface area contributed by atoms with Gasteiger partial charge in [-0.25, -0.2) is 4.79 Å². The predicted octanol–water partition coefficient (Wildman–Crippen LogP) is 3.11. The van der Waals surface area contributed by atoms with E-state index in [1.807, 2.05) is 48.2 Å². The van der Waals surface area contributed by atoms with Crippen LogP contribution in [0.1, 0.15) is 43.3 Å². The molecular formula is C19H22N6O2. The summed E-state index contributed by atoms with van der Waals surface area (Å²) in [6, 6.07) is 11.2. The molecule has 1 aliphatic rings. The summed E-state index contributed by atoms with van der Waals surface area (Å²) in [5, 5.41) is 14.0. The van der Waals surface area contributed by atoms with Gasteiger partial charge in [-0.15, -0.1) is 0 Å². The normalized spacial score (nSPS) is 16.3. The van der Waals surface area contributed by atoms with Gasteiger partial charge < -0.3 is 14.7 Å². The lowest BCUT2D eigenvalue weighted by Crippen LogP contribution is -2.44. The molecule has 1 atom stereocenters. The molecule has 1 fully saturated rings. The summed E-state index contributed by atoms with van der Waals surface area (Å²) in [5.41, 5.74) is 2.02. The molecule has 0 spiro atoms.